The van der Waals surface area contributed by atoms with Gasteiger partial charge in [0.05, 0.1) is 23.5 Å². The van der Waals surface area contributed by atoms with Gasteiger partial charge in [0.25, 0.3) is 0 Å². The van der Waals surface area contributed by atoms with Crippen molar-refractivity contribution in [1.29, 1.82) is 0 Å². The van der Waals surface area contributed by atoms with Gasteiger partial charge in [0.2, 0.25) is 0 Å². The van der Waals surface area contributed by atoms with Crippen molar-refractivity contribution in [3.63, 3.8) is 0 Å². The zero-order chi connectivity index (χ0) is 14.5. The van der Waals surface area contributed by atoms with Gasteiger partial charge in [-0.15, -0.1) is 0 Å². The van der Waals surface area contributed by atoms with Crippen LogP contribution in [0.1, 0.15) is 26.2 Å². The topological polar surface area (TPSA) is 64.6 Å². The van der Waals surface area contributed by atoms with E-state index in [4.69, 9.17) is 0 Å². The highest BCUT2D eigenvalue weighted by Gasteiger charge is 2.26. The second-order valence-corrected chi connectivity index (χ2v) is 5.23. The molecule has 20 heavy (non-hydrogen) atoms. The fourth-order valence-electron chi connectivity index (χ4n) is 2.52. The maximum atomic E-state index is 12.0. The summed E-state index contributed by atoms with van der Waals surface area (Å²) >= 11 is 0. The molecule has 1 aromatic rings. The first-order chi connectivity index (χ1) is 9.61. The van der Waals surface area contributed by atoms with Gasteiger partial charge in [0, 0.05) is 13.6 Å². The molecule has 0 aromatic heterocycles. The first-order valence-electron chi connectivity index (χ1n) is 7.17. The molecule has 3 N–H and O–H groups in total. The Morgan fingerprint density at radius 2 is 2.15 bits per heavy atom. The van der Waals surface area contributed by atoms with Crippen LogP contribution in [-0.2, 0) is 0 Å². The number of amides is 2. The number of aliphatic hydroxyl groups is 1. The van der Waals surface area contributed by atoms with Crippen LogP contribution in [0.2, 0.25) is 0 Å². The number of aliphatic hydroxyl groups excluding tert-OH is 1. The van der Waals surface area contributed by atoms with Gasteiger partial charge in [-0.05, 0) is 38.3 Å². The van der Waals surface area contributed by atoms with E-state index in [0.717, 1.165) is 37.2 Å². The van der Waals surface area contributed by atoms with Crippen LogP contribution in [0.4, 0.5) is 16.2 Å². The lowest BCUT2D eigenvalue weighted by Gasteiger charge is -2.22. The van der Waals surface area contributed by atoms with Crippen molar-refractivity contribution in [2.24, 2.45) is 0 Å². The number of carbonyl (C=O) groups excluding carboxylic acids is 1. The predicted molar refractivity (Wildman–Crippen MR) is 81.2 cm³/mol. The van der Waals surface area contributed by atoms with Gasteiger partial charge in [-0.2, -0.15) is 0 Å². The van der Waals surface area contributed by atoms with E-state index in [-0.39, 0.29) is 12.1 Å². The summed E-state index contributed by atoms with van der Waals surface area (Å²) in [6.07, 6.45) is 2.14. The van der Waals surface area contributed by atoms with E-state index in [9.17, 15) is 9.90 Å². The summed E-state index contributed by atoms with van der Waals surface area (Å²) in [4.78, 5) is 14.1. The number of nitrogens with one attached hydrogen (secondary N) is 2. The van der Waals surface area contributed by atoms with Crippen molar-refractivity contribution in [2.45, 2.75) is 38.3 Å². The molecule has 1 aliphatic rings. The molecule has 5 nitrogen and oxygen atoms in total. The number of rotatable bonds is 4. The normalized spacial score (nSPS) is 21.6. The third kappa shape index (κ3) is 3.42. The monoisotopic (exact) mass is 277 g/mol. The lowest BCUT2D eigenvalue weighted by molar-refractivity contribution is 0.151. The summed E-state index contributed by atoms with van der Waals surface area (Å²) in [5.74, 6) is 0. The number of benzene rings is 1. The Kier molecular flexibility index (Phi) is 4.84. The average Bonchev–Trinajstić information content (AvgIpc) is 2.84. The molecule has 0 aliphatic heterocycles. The summed E-state index contributed by atoms with van der Waals surface area (Å²) in [6.45, 7) is 2.92. The molecule has 1 aliphatic carbocycles. The van der Waals surface area contributed by atoms with Gasteiger partial charge in [0.15, 0.2) is 0 Å². The molecule has 2 amide bonds. The number of anilines is 2. The van der Waals surface area contributed by atoms with Crippen molar-refractivity contribution < 1.29 is 9.90 Å². The molecule has 1 saturated carbocycles. The third-order valence-corrected chi connectivity index (χ3v) is 3.83. The lowest BCUT2D eigenvalue weighted by Crippen LogP contribution is -2.42. The summed E-state index contributed by atoms with van der Waals surface area (Å²) in [5.41, 5.74) is 1.76. The molecule has 1 aromatic carbocycles. The molecule has 1 fully saturated rings. The van der Waals surface area contributed by atoms with Gasteiger partial charge >= 0.3 is 6.03 Å². The fourth-order valence-corrected chi connectivity index (χ4v) is 2.52. The van der Waals surface area contributed by atoms with Gasteiger partial charge in [0.1, 0.15) is 0 Å². The van der Waals surface area contributed by atoms with Crippen LogP contribution in [-0.4, -0.2) is 36.9 Å². The van der Waals surface area contributed by atoms with Crippen molar-refractivity contribution in [2.75, 3.05) is 23.8 Å². The molecule has 0 bridgehead atoms. The minimum Gasteiger partial charge on any atom is -0.391 e. The van der Waals surface area contributed by atoms with Crippen LogP contribution in [0.25, 0.3) is 0 Å². The van der Waals surface area contributed by atoms with E-state index < -0.39 is 6.10 Å². The third-order valence-electron chi connectivity index (χ3n) is 3.83. The second-order valence-electron chi connectivity index (χ2n) is 5.23. The molecular formula is C15H23N3O2. The van der Waals surface area contributed by atoms with E-state index >= 15 is 0 Å². The van der Waals surface area contributed by atoms with E-state index in [0.29, 0.717) is 0 Å². The van der Waals surface area contributed by atoms with Gasteiger partial charge in [-0.25, -0.2) is 4.79 Å². The van der Waals surface area contributed by atoms with E-state index in [1.165, 1.54) is 0 Å². The fraction of sp³-hybridized carbons (Fsp3) is 0.533. The molecule has 2 atom stereocenters. The smallest absolute Gasteiger partial charge is 0.319 e. The number of carbonyl (C=O) groups is 1. The van der Waals surface area contributed by atoms with Gasteiger partial charge < -0.3 is 20.6 Å². The van der Waals surface area contributed by atoms with Crippen molar-refractivity contribution in [1.82, 2.24) is 5.32 Å². The van der Waals surface area contributed by atoms with E-state index in [1.54, 1.807) is 0 Å². The number of hydrogen-bond donors (Lipinski definition) is 3. The Morgan fingerprint density at radius 3 is 2.80 bits per heavy atom. The largest absolute Gasteiger partial charge is 0.391 e. The van der Waals surface area contributed by atoms with Crippen LogP contribution < -0.4 is 15.5 Å². The van der Waals surface area contributed by atoms with Crippen LogP contribution in [0.15, 0.2) is 24.3 Å². The highest BCUT2D eigenvalue weighted by atomic mass is 16.3. The second kappa shape index (κ2) is 6.61. The minimum absolute atomic E-state index is 0.133. The van der Waals surface area contributed by atoms with Gasteiger partial charge in [-0.1, -0.05) is 12.1 Å². The molecule has 0 spiro atoms. The molecule has 0 heterocycles. The molecule has 2 unspecified atom stereocenters. The molecule has 0 radical (unpaired) electrons. The van der Waals surface area contributed by atoms with Crippen LogP contribution in [0.5, 0.6) is 0 Å². The number of nitrogens with zero attached hydrogens (tertiary/aromatic N) is 1. The number of hydrogen-bond acceptors (Lipinski definition) is 3. The Bertz CT molecular complexity index is 464. The summed E-state index contributed by atoms with van der Waals surface area (Å²) < 4.78 is 0. The highest BCUT2D eigenvalue weighted by molar-refractivity contribution is 5.93. The predicted octanol–water partition coefficient (Wildman–Crippen LogP) is 2.18. The summed E-state index contributed by atoms with van der Waals surface area (Å²) in [7, 11) is 1.99. The van der Waals surface area contributed by atoms with Crippen molar-refractivity contribution in [3.8, 4) is 0 Å². The number of para-hydroxylation sites is 2. The maximum Gasteiger partial charge on any atom is 0.319 e. The Labute approximate surface area is 120 Å². The van der Waals surface area contributed by atoms with E-state index in [1.807, 2.05) is 31.3 Å². The average molecular weight is 277 g/mol. The maximum absolute atomic E-state index is 12.0. The van der Waals surface area contributed by atoms with Gasteiger partial charge in [-0.3, -0.25) is 0 Å². The lowest BCUT2D eigenvalue weighted by atomic mass is 10.2. The Balaban J connectivity index is 2.00. The van der Waals surface area contributed by atoms with Crippen LogP contribution in [0.3, 0.4) is 0 Å². The van der Waals surface area contributed by atoms with Crippen LogP contribution in [0, 0.1) is 0 Å². The van der Waals surface area contributed by atoms with E-state index in [2.05, 4.69) is 22.5 Å². The highest BCUT2D eigenvalue weighted by Crippen LogP contribution is 2.24. The summed E-state index contributed by atoms with van der Waals surface area (Å²) in [6, 6.07) is 7.31. The first-order valence-corrected chi connectivity index (χ1v) is 7.17. The molecule has 2 rings (SSSR count). The Morgan fingerprint density at radius 1 is 1.40 bits per heavy atom. The molecule has 110 valence electrons. The Hall–Kier alpha value is -1.75. The SMILES string of the molecule is CCN(C)c1ccccc1NC(=O)NC1CCCC1O. The van der Waals surface area contributed by atoms with Crippen LogP contribution >= 0.6 is 0 Å². The zero-order valence-electron chi connectivity index (χ0n) is 12.1. The quantitative estimate of drug-likeness (QED) is 0.790. The molecule has 0 saturated heterocycles. The molecule has 5 heteroatoms. The standard InChI is InChI=1S/C15H23N3O2/c1-3-18(2)13-9-5-4-7-11(13)16-15(20)17-12-8-6-10-14(12)19/h4-5,7,9,12,14,19H,3,6,8,10H2,1-2H3,(H2,16,17,20). The molecular weight excluding hydrogens is 254 g/mol. The summed E-state index contributed by atoms with van der Waals surface area (Å²) in [5, 5.41) is 15.4. The number of urea groups is 1. The van der Waals surface area contributed by atoms with Crippen molar-refractivity contribution in [3.05, 3.63) is 24.3 Å². The van der Waals surface area contributed by atoms with Crippen molar-refractivity contribution >= 4 is 17.4 Å². The first kappa shape index (κ1) is 14.7. The zero-order valence-corrected chi connectivity index (χ0v) is 12.1. The minimum atomic E-state index is -0.422.